The molecule has 0 saturated heterocycles. The maximum absolute atomic E-state index is 11.4. The van der Waals surface area contributed by atoms with Crippen LogP contribution in [0.25, 0.3) is 0 Å². The molecule has 0 aromatic rings. The molecule has 2 atom stereocenters. The Kier molecular flexibility index (Phi) is 4.76. The van der Waals surface area contributed by atoms with Gasteiger partial charge in [-0.25, -0.2) is 0 Å². The second kappa shape index (κ2) is 6.10. The number of carbonyl (C=O) groups is 2. The minimum Gasteiger partial charge on any atom is -0.481 e. The van der Waals surface area contributed by atoms with Gasteiger partial charge >= 0.3 is 5.97 Å². The molecular weight excluding hydrogens is 206 g/mol. The lowest BCUT2D eigenvalue weighted by Crippen LogP contribution is -2.31. The molecule has 0 aromatic carbocycles. The Morgan fingerprint density at radius 3 is 2.62 bits per heavy atom. The van der Waals surface area contributed by atoms with Crippen LogP contribution in [0, 0.1) is 5.92 Å². The first-order valence-electron chi connectivity index (χ1n) is 5.46. The van der Waals surface area contributed by atoms with Crippen molar-refractivity contribution in [2.75, 3.05) is 0 Å². The van der Waals surface area contributed by atoms with Crippen LogP contribution in [-0.2, 0) is 9.59 Å². The van der Waals surface area contributed by atoms with E-state index in [0.29, 0.717) is 12.8 Å². The summed E-state index contributed by atoms with van der Waals surface area (Å²) >= 11 is 0. The van der Waals surface area contributed by atoms with Gasteiger partial charge in [-0.3, -0.25) is 9.59 Å². The van der Waals surface area contributed by atoms with Gasteiger partial charge in [-0.05, 0) is 26.2 Å². The molecule has 1 aliphatic carbocycles. The highest BCUT2D eigenvalue weighted by molar-refractivity contribution is 5.88. The van der Waals surface area contributed by atoms with Gasteiger partial charge in [0.1, 0.15) is 0 Å². The number of aliphatic carboxylic acids is 1. The lowest BCUT2D eigenvalue weighted by atomic mass is 10.1. The van der Waals surface area contributed by atoms with Crippen LogP contribution < -0.4 is 5.32 Å². The van der Waals surface area contributed by atoms with Crippen LogP contribution in [-0.4, -0.2) is 23.0 Å². The molecule has 4 heteroatoms. The minimum atomic E-state index is -0.763. The minimum absolute atomic E-state index is 0.00357. The maximum atomic E-state index is 11.4. The fourth-order valence-electron chi connectivity index (χ4n) is 1.84. The smallest absolute Gasteiger partial charge is 0.306 e. The van der Waals surface area contributed by atoms with Crippen LogP contribution in [0.3, 0.4) is 0 Å². The monoisotopic (exact) mass is 223 g/mol. The van der Waals surface area contributed by atoms with Crippen LogP contribution in [0.2, 0.25) is 0 Å². The number of amides is 1. The third-order valence-corrected chi connectivity index (χ3v) is 2.68. The lowest BCUT2D eigenvalue weighted by molar-refractivity contribution is -0.141. The molecule has 1 rings (SSSR count). The molecule has 1 amide bonds. The summed E-state index contributed by atoms with van der Waals surface area (Å²) in [5.41, 5.74) is 0. The quantitative estimate of drug-likeness (QED) is 0.560. The molecule has 0 aliphatic heterocycles. The summed E-state index contributed by atoms with van der Waals surface area (Å²) in [7, 11) is 0. The fourth-order valence-corrected chi connectivity index (χ4v) is 1.84. The van der Waals surface area contributed by atoms with Crippen molar-refractivity contribution in [3.63, 3.8) is 0 Å². The molecular formula is C12H17NO3. The summed E-state index contributed by atoms with van der Waals surface area (Å²) < 4.78 is 0. The van der Waals surface area contributed by atoms with E-state index in [-0.39, 0.29) is 17.9 Å². The zero-order valence-electron chi connectivity index (χ0n) is 9.35. The van der Waals surface area contributed by atoms with Crippen molar-refractivity contribution < 1.29 is 14.7 Å². The molecule has 16 heavy (non-hydrogen) atoms. The summed E-state index contributed by atoms with van der Waals surface area (Å²) in [6, 6.07) is 0.00357. The predicted octanol–water partition coefficient (Wildman–Crippen LogP) is 1.49. The van der Waals surface area contributed by atoms with E-state index in [4.69, 9.17) is 5.11 Å². The molecule has 0 aromatic heterocycles. The van der Waals surface area contributed by atoms with E-state index in [1.54, 1.807) is 12.2 Å². The Hall–Kier alpha value is -1.58. The Bertz CT molecular complexity index is 320. The summed E-state index contributed by atoms with van der Waals surface area (Å²) in [6.07, 6.45) is 8.67. The van der Waals surface area contributed by atoms with E-state index >= 15 is 0 Å². The van der Waals surface area contributed by atoms with E-state index in [1.807, 2.05) is 13.0 Å². The highest BCUT2D eigenvalue weighted by Crippen LogP contribution is 2.25. The number of rotatable bonds is 4. The molecule has 2 N–H and O–H groups in total. The maximum Gasteiger partial charge on any atom is 0.306 e. The molecule has 1 saturated carbocycles. The average Bonchev–Trinajstić information content (AvgIpc) is 2.66. The number of nitrogens with one attached hydrogen (secondary N) is 1. The second-order valence-corrected chi connectivity index (χ2v) is 3.94. The Morgan fingerprint density at radius 1 is 1.31 bits per heavy atom. The normalized spacial score (nSPS) is 25.3. The van der Waals surface area contributed by atoms with Crippen LogP contribution in [0.15, 0.2) is 24.3 Å². The Balaban J connectivity index is 2.34. The second-order valence-electron chi connectivity index (χ2n) is 3.94. The van der Waals surface area contributed by atoms with Crippen LogP contribution >= 0.6 is 0 Å². The van der Waals surface area contributed by atoms with E-state index in [1.165, 1.54) is 6.08 Å². The topological polar surface area (TPSA) is 66.4 Å². The zero-order valence-corrected chi connectivity index (χ0v) is 9.35. The van der Waals surface area contributed by atoms with Gasteiger partial charge in [0.15, 0.2) is 0 Å². The van der Waals surface area contributed by atoms with E-state index in [9.17, 15) is 9.59 Å². The van der Waals surface area contributed by atoms with Crippen molar-refractivity contribution in [1.29, 1.82) is 0 Å². The highest BCUT2D eigenvalue weighted by atomic mass is 16.4. The van der Waals surface area contributed by atoms with Crippen molar-refractivity contribution in [3.8, 4) is 0 Å². The van der Waals surface area contributed by atoms with Gasteiger partial charge in [0, 0.05) is 12.1 Å². The van der Waals surface area contributed by atoms with Crippen LogP contribution in [0.4, 0.5) is 0 Å². The number of carboxylic acid groups (broad SMARTS) is 1. The molecule has 1 aliphatic rings. The van der Waals surface area contributed by atoms with Gasteiger partial charge in [-0.2, -0.15) is 0 Å². The predicted molar refractivity (Wildman–Crippen MR) is 60.9 cm³/mol. The SMILES string of the molecule is C/C=C/C=C\C(=O)N[C@@H]1CC[C@H](C(=O)O)C1. The van der Waals surface area contributed by atoms with Gasteiger partial charge in [0.05, 0.1) is 5.92 Å². The van der Waals surface area contributed by atoms with Gasteiger partial charge in [0.2, 0.25) is 5.91 Å². The number of hydrogen-bond acceptors (Lipinski definition) is 2. The zero-order chi connectivity index (χ0) is 12.0. The summed E-state index contributed by atoms with van der Waals surface area (Å²) in [6.45, 7) is 1.87. The molecule has 4 nitrogen and oxygen atoms in total. The average molecular weight is 223 g/mol. The first-order chi connectivity index (χ1) is 7.63. The van der Waals surface area contributed by atoms with Gasteiger partial charge in [0.25, 0.3) is 0 Å². The van der Waals surface area contributed by atoms with E-state index in [0.717, 1.165) is 6.42 Å². The number of carbonyl (C=O) groups excluding carboxylic acids is 1. The summed E-state index contributed by atoms with van der Waals surface area (Å²) in [5, 5.41) is 11.6. The van der Waals surface area contributed by atoms with Crippen molar-refractivity contribution in [3.05, 3.63) is 24.3 Å². The number of hydrogen-bond donors (Lipinski definition) is 2. The Morgan fingerprint density at radius 2 is 2.06 bits per heavy atom. The number of carboxylic acids is 1. The molecule has 1 fully saturated rings. The number of allylic oxidation sites excluding steroid dienone is 3. The van der Waals surface area contributed by atoms with E-state index < -0.39 is 5.97 Å². The molecule has 0 radical (unpaired) electrons. The standard InChI is InChI=1S/C12H17NO3/c1-2-3-4-5-11(14)13-10-7-6-9(8-10)12(15)16/h2-5,9-10H,6-8H2,1H3,(H,13,14)(H,15,16)/b3-2+,5-4-/t9-,10+/m0/s1. The molecule has 0 spiro atoms. The molecule has 0 bridgehead atoms. The highest BCUT2D eigenvalue weighted by Gasteiger charge is 2.29. The molecule has 0 heterocycles. The largest absolute Gasteiger partial charge is 0.481 e. The first kappa shape index (κ1) is 12.5. The van der Waals surface area contributed by atoms with Gasteiger partial charge < -0.3 is 10.4 Å². The third kappa shape index (κ3) is 3.88. The lowest BCUT2D eigenvalue weighted by Gasteiger charge is -2.09. The van der Waals surface area contributed by atoms with Gasteiger partial charge in [-0.15, -0.1) is 0 Å². The van der Waals surface area contributed by atoms with E-state index in [2.05, 4.69) is 5.32 Å². The van der Waals surface area contributed by atoms with Crippen LogP contribution in [0.1, 0.15) is 26.2 Å². The summed E-state index contributed by atoms with van der Waals surface area (Å²) in [4.78, 5) is 22.1. The third-order valence-electron chi connectivity index (χ3n) is 2.68. The fraction of sp³-hybridized carbons (Fsp3) is 0.500. The molecule has 88 valence electrons. The van der Waals surface area contributed by atoms with Crippen molar-refractivity contribution in [2.45, 2.75) is 32.2 Å². The summed E-state index contributed by atoms with van der Waals surface area (Å²) in [5.74, 6) is -1.22. The first-order valence-corrected chi connectivity index (χ1v) is 5.46. The van der Waals surface area contributed by atoms with Crippen LogP contribution in [0.5, 0.6) is 0 Å². The molecule has 0 unspecified atom stereocenters. The van der Waals surface area contributed by atoms with Gasteiger partial charge in [-0.1, -0.05) is 18.2 Å². The van der Waals surface area contributed by atoms with Crippen molar-refractivity contribution >= 4 is 11.9 Å². The Labute approximate surface area is 95.0 Å². The van der Waals surface area contributed by atoms with Crippen molar-refractivity contribution in [1.82, 2.24) is 5.32 Å². The van der Waals surface area contributed by atoms with Crippen molar-refractivity contribution in [2.24, 2.45) is 5.92 Å².